The van der Waals surface area contributed by atoms with Crippen LogP contribution in [0.25, 0.3) is 0 Å². The number of hydrogen-bond acceptors (Lipinski definition) is 3. The average molecular weight is 399 g/mol. The Morgan fingerprint density at radius 3 is 1.22 bits per heavy atom. The van der Waals surface area contributed by atoms with E-state index in [-0.39, 0.29) is 18.7 Å². The van der Waals surface area contributed by atoms with Crippen LogP contribution in [0.2, 0.25) is 0 Å². The van der Waals surface area contributed by atoms with Crippen molar-refractivity contribution in [1.29, 1.82) is 0 Å². The number of rotatable bonds is 6. The van der Waals surface area contributed by atoms with Crippen molar-refractivity contribution in [3.63, 3.8) is 0 Å². The van der Waals surface area contributed by atoms with Gasteiger partial charge in [0.1, 0.15) is 0 Å². The van der Waals surface area contributed by atoms with Gasteiger partial charge in [0, 0.05) is 12.2 Å². The van der Waals surface area contributed by atoms with E-state index in [0.29, 0.717) is 25.9 Å². The summed E-state index contributed by atoms with van der Waals surface area (Å²) in [6, 6.07) is 0. The third-order valence-electron chi connectivity index (χ3n) is 3.10. The van der Waals surface area contributed by atoms with Crippen LogP contribution in [0.3, 0.4) is 0 Å². The van der Waals surface area contributed by atoms with Crippen LogP contribution in [0.5, 0.6) is 0 Å². The Kier molecular flexibility index (Phi) is 7.20. The molecule has 0 atom stereocenters. The fourth-order valence-electron chi connectivity index (χ4n) is 1.95. The predicted octanol–water partition coefficient (Wildman–Crippen LogP) is 1.98. The molecule has 1 rings (SSSR count). The Bertz CT molecular complexity index is 849. The van der Waals surface area contributed by atoms with Gasteiger partial charge in [0.15, 0.2) is 0 Å². The SMILES string of the molecule is C/C=C/Cn1c(=O)n(C/C=C/C(F)(F)F)c(=O)n(C/C=C/C(F)(F)F)c1=O. The normalized spacial score (nSPS) is 13.4. The number of halogens is 6. The Balaban J connectivity index is 3.49. The summed E-state index contributed by atoms with van der Waals surface area (Å²) < 4.78 is 74.3. The lowest BCUT2D eigenvalue weighted by molar-refractivity contribution is -0.0810. The minimum absolute atomic E-state index is 0.200. The summed E-state index contributed by atoms with van der Waals surface area (Å²) in [6.07, 6.45) is -5.96. The second-order valence-corrected chi connectivity index (χ2v) is 5.14. The number of nitrogens with zero attached hydrogens (tertiary/aromatic N) is 3. The van der Waals surface area contributed by atoms with Crippen molar-refractivity contribution < 1.29 is 26.3 Å². The van der Waals surface area contributed by atoms with Crippen LogP contribution in [-0.2, 0) is 19.6 Å². The lowest BCUT2D eigenvalue weighted by atomic mass is 10.4. The zero-order valence-electron chi connectivity index (χ0n) is 13.9. The molecule has 0 aliphatic carbocycles. The van der Waals surface area contributed by atoms with Gasteiger partial charge < -0.3 is 0 Å². The molecule has 0 aliphatic rings. The predicted molar refractivity (Wildman–Crippen MR) is 84.4 cm³/mol. The van der Waals surface area contributed by atoms with Crippen LogP contribution in [0.4, 0.5) is 26.3 Å². The Morgan fingerprint density at radius 2 is 0.963 bits per heavy atom. The standard InChI is InChI=1S/C15H15F6N3O3/c1-2-3-8-22-11(25)23(9-4-6-14(16,17)18)13(27)24(12(22)26)10-5-7-15(19,20)21/h2-7H,8-10H2,1H3/b3-2+,6-4+,7-5+. The van der Waals surface area contributed by atoms with E-state index in [1.54, 1.807) is 6.92 Å². The summed E-state index contributed by atoms with van der Waals surface area (Å²) in [5.41, 5.74) is -3.67. The molecule has 0 amide bonds. The van der Waals surface area contributed by atoms with E-state index in [1.807, 2.05) is 0 Å². The molecule has 0 spiro atoms. The van der Waals surface area contributed by atoms with E-state index in [0.717, 1.165) is 0 Å². The molecule has 1 heterocycles. The maximum absolute atomic E-state index is 12.2. The van der Waals surface area contributed by atoms with Gasteiger partial charge in [0.2, 0.25) is 0 Å². The molecule has 0 aromatic carbocycles. The highest BCUT2D eigenvalue weighted by atomic mass is 19.4. The van der Waals surface area contributed by atoms with Crippen LogP contribution in [0.1, 0.15) is 6.92 Å². The lowest BCUT2D eigenvalue weighted by Crippen LogP contribution is -2.54. The first kappa shape index (κ1) is 22.3. The zero-order valence-corrected chi connectivity index (χ0v) is 13.9. The van der Waals surface area contributed by atoms with Gasteiger partial charge in [-0.1, -0.05) is 24.3 Å². The average Bonchev–Trinajstić information content (AvgIpc) is 2.52. The summed E-state index contributed by atoms with van der Waals surface area (Å²) in [6.45, 7) is -0.356. The van der Waals surface area contributed by atoms with Crippen molar-refractivity contribution >= 4 is 0 Å². The first-order valence-electron chi connectivity index (χ1n) is 7.42. The summed E-state index contributed by atoms with van der Waals surface area (Å²) in [7, 11) is 0. The fourth-order valence-corrected chi connectivity index (χ4v) is 1.95. The van der Waals surface area contributed by atoms with Crippen molar-refractivity contribution in [2.24, 2.45) is 0 Å². The summed E-state index contributed by atoms with van der Waals surface area (Å²) in [4.78, 5) is 36.7. The molecule has 0 fully saturated rings. The smallest absolute Gasteiger partial charge is 0.247 e. The van der Waals surface area contributed by atoms with E-state index in [4.69, 9.17) is 0 Å². The van der Waals surface area contributed by atoms with Crippen LogP contribution in [0.15, 0.2) is 50.8 Å². The molecule has 0 bridgehead atoms. The Labute approximate surface area is 148 Å². The van der Waals surface area contributed by atoms with Crippen molar-refractivity contribution in [3.8, 4) is 0 Å². The van der Waals surface area contributed by atoms with E-state index < -0.39 is 42.5 Å². The fraction of sp³-hybridized carbons (Fsp3) is 0.400. The van der Waals surface area contributed by atoms with Crippen molar-refractivity contribution in [1.82, 2.24) is 13.7 Å². The summed E-state index contributed by atoms with van der Waals surface area (Å²) in [5.74, 6) is 0. The van der Waals surface area contributed by atoms with E-state index in [1.165, 1.54) is 12.2 Å². The van der Waals surface area contributed by atoms with Gasteiger partial charge in [-0.2, -0.15) is 26.3 Å². The van der Waals surface area contributed by atoms with Crippen LogP contribution < -0.4 is 17.1 Å². The van der Waals surface area contributed by atoms with Gasteiger partial charge in [-0.25, -0.2) is 28.1 Å². The maximum Gasteiger partial charge on any atom is 0.409 e. The van der Waals surface area contributed by atoms with Gasteiger partial charge in [-0.3, -0.25) is 0 Å². The molecule has 0 unspecified atom stereocenters. The lowest BCUT2D eigenvalue weighted by Gasteiger charge is -2.11. The molecule has 0 radical (unpaired) electrons. The highest BCUT2D eigenvalue weighted by Crippen LogP contribution is 2.16. The van der Waals surface area contributed by atoms with Gasteiger partial charge in [0.05, 0.1) is 19.6 Å². The van der Waals surface area contributed by atoms with Crippen LogP contribution >= 0.6 is 0 Å². The first-order chi connectivity index (χ1) is 12.4. The second kappa shape index (κ2) is 8.73. The molecule has 0 aliphatic heterocycles. The van der Waals surface area contributed by atoms with Crippen molar-refractivity contribution in [2.45, 2.75) is 38.9 Å². The number of aromatic nitrogens is 3. The monoisotopic (exact) mass is 399 g/mol. The molecule has 12 heteroatoms. The van der Waals surface area contributed by atoms with Crippen LogP contribution in [0, 0.1) is 0 Å². The number of alkyl halides is 6. The quantitative estimate of drug-likeness (QED) is 0.543. The van der Waals surface area contributed by atoms with E-state index in [9.17, 15) is 40.7 Å². The van der Waals surface area contributed by atoms with Gasteiger partial charge in [0.25, 0.3) is 0 Å². The van der Waals surface area contributed by atoms with Gasteiger partial charge in [-0.05, 0) is 6.92 Å². The zero-order chi connectivity index (χ0) is 20.8. The molecule has 27 heavy (non-hydrogen) atoms. The third-order valence-corrected chi connectivity index (χ3v) is 3.10. The number of allylic oxidation sites excluding steroid dienone is 6. The largest absolute Gasteiger partial charge is 0.409 e. The van der Waals surface area contributed by atoms with Gasteiger partial charge in [-0.15, -0.1) is 0 Å². The maximum atomic E-state index is 12.2. The molecule has 1 aromatic rings. The number of hydrogen-bond donors (Lipinski definition) is 0. The van der Waals surface area contributed by atoms with E-state index in [2.05, 4.69) is 0 Å². The summed E-state index contributed by atoms with van der Waals surface area (Å²) in [5, 5.41) is 0. The Hall–Kier alpha value is -2.79. The molecular weight excluding hydrogens is 384 g/mol. The molecule has 150 valence electrons. The third kappa shape index (κ3) is 6.79. The molecule has 0 saturated carbocycles. The van der Waals surface area contributed by atoms with E-state index >= 15 is 0 Å². The Morgan fingerprint density at radius 1 is 0.667 bits per heavy atom. The summed E-state index contributed by atoms with van der Waals surface area (Å²) >= 11 is 0. The molecular formula is C15H15F6N3O3. The topological polar surface area (TPSA) is 66.0 Å². The molecule has 0 saturated heterocycles. The minimum atomic E-state index is -4.68. The second-order valence-electron chi connectivity index (χ2n) is 5.14. The molecule has 0 N–H and O–H groups in total. The molecule has 6 nitrogen and oxygen atoms in total. The van der Waals surface area contributed by atoms with Crippen LogP contribution in [-0.4, -0.2) is 26.1 Å². The first-order valence-corrected chi connectivity index (χ1v) is 7.42. The molecule has 1 aromatic heterocycles. The highest BCUT2D eigenvalue weighted by molar-refractivity contribution is 4.94. The van der Waals surface area contributed by atoms with Gasteiger partial charge >= 0.3 is 29.4 Å². The highest BCUT2D eigenvalue weighted by Gasteiger charge is 2.23. The minimum Gasteiger partial charge on any atom is -0.247 e. The van der Waals surface area contributed by atoms with Crippen molar-refractivity contribution in [2.75, 3.05) is 0 Å². The van der Waals surface area contributed by atoms with Crippen molar-refractivity contribution in [3.05, 3.63) is 67.9 Å².